The van der Waals surface area contributed by atoms with Crippen LogP contribution in [0.4, 0.5) is 10.1 Å². The standard InChI is InChI=1S/C21H35FN6.HI/c1-23-21(24-9-3-4-10-26-13-11-25(2)12-14-26)28-17-15-27(16-18-28)20-7-5-19(22)6-8-20;/h5-8H,3-4,9-18H2,1-2H3,(H,23,24);1H. The maximum Gasteiger partial charge on any atom is 0.193 e. The van der Waals surface area contributed by atoms with Crippen molar-refractivity contribution < 1.29 is 4.39 Å². The zero-order chi connectivity index (χ0) is 19.8. The number of hydrogen-bond acceptors (Lipinski definition) is 4. The van der Waals surface area contributed by atoms with Crippen LogP contribution < -0.4 is 10.2 Å². The van der Waals surface area contributed by atoms with Crippen molar-refractivity contribution in [1.82, 2.24) is 20.0 Å². The van der Waals surface area contributed by atoms with Crippen molar-refractivity contribution in [2.24, 2.45) is 4.99 Å². The SMILES string of the molecule is CN=C(NCCCCN1CCN(C)CC1)N1CCN(c2ccc(F)cc2)CC1.I. The van der Waals surface area contributed by atoms with E-state index < -0.39 is 0 Å². The number of unbranched alkanes of at least 4 members (excludes halogenated alkanes) is 1. The number of nitrogens with zero attached hydrogens (tertiary/aromatic N) is 5. The molecule has 8 heteroatoms. The number of benzene rings is 1. The zero-order valence-corrected chi connectivity index (χ0v) is 20.1. The smallest absolute Gasteiger partial charge is 0.193 e. The lowest BCUT2D eigenvalue weighted by atomic mass is 10.2. The fourth-order valence-corrected chi connectivity index (χ4v) is 3.89. The van der Waals surface area contributed by atoms with Crippen molar-refractivity contribution >= 4 is 35.6 Å². The maximum atomic E-state index is 13.1. The molecule has 164 valence electrons. The molecule has 6 nitrogen and oxygen atoms in total. The van der Waals surface area contributed by atoms with Crippen LogP contribution in [0.2, 0.25) is 0 Å². The van der Waals surface area contributed by atoms with Crippen molar-refractivity contribution in [1.29, 1.82) is 0 Å². The summed E-state index contributed by atoms with van der Waals surface area (Å²) in [5.41, 5.74) is 1.09. The first-order valence-corrected chi connectivity index (χ1v) is 10.5. The first-order valence-electron chi connectivity index (χ1n) is 10.5. The van der Waals surface area contributed by atoms with Crippen LogP contribution in [-0.4, -0.2) is 100 Å². The van der Waals surface area contributed by atoms with Gasteiger partial charge in [-0.25, -0.2) is 4.39 Å². The van der Waals surface area contributed by atoms with Crippen LogP contribution in [0.3, 0.4) is 0 Å². The number of anilines is 1. The topological polar surface area (TPSA) is 37.4 Å². The van der Waals surface area contributed by atoms with Crippen LogP contribution in [0.25, 0.3) is 0 Å². The van der Waals surface area contributed by atoms with Crippen LogP contribution in [-0.2, 0) is 0 Å². The van der Waals surface area contributed by atoms with Crippen LogP contribution in [0.5, 0.6) is 0 Å². The Morgan fingerprint density at radius 2 is 1.62 bits per heavy atom. The summed E-state index contributed by atoms with van der Waals surface area (Å²) in [6.07, 6.45) is 2.40. The van der Waals surface area contributed by atoms with Gasteiger partial charge >= 0.3 is 0 Å². The molecule has 0 spiro atoms. The van der Waals surface area contributed by atoms with E-state index >= 15 is 0 Å². The Hall–Kier alpha value is -1.13. The molecule has 29 heavy (non-hydrogen) atoms. The van der Waals surface area contributed by atoms with Gasteiger partial charge in [-0.3, -0.25) is 4.99 Å². The molecule has 0 bridgehead atoms. The van der Waals surface area contributed by atoms with Gasteiger partial charge in [-0.15, -0.1) is 24.0 Å². The molecule has 1 N–H and O–H groups in total. The first-order chi connectivity index (χ1) is 13.7. The molecule has 0 unspecified atom stereocenters. The maximum absolute atomic E-state index is 13.1. The van der Waals surface area contributed by atoms with Gasteiger partial charge in [-0.1, -0.05) is 0 Å². The summed E-state index contributed by atoms with van der Waals surface area (Å²) in [6, 6.07) is 6.78. The number of likely N-dealkylation sites (N-methyl/N-ethyl adjacent to an activating group) is 1. The van der Waals surface area contributed by atoms with Crippen molar-refractivity contribution in [3.05, 3.63) is 30.1 Å². The van der Waals surface area contributed by atoms with Gasteiger partial charge in [0, 0.05) is 71.6 Å². The first kappa shape index (κ1) is 24.1. The van der Waals surface area contributed by atoms with Gasteiger partial charge in [-0.05, 0) is 50.7 Å². The Morgan fingerprint density at radius 3 is 2.24 bits per heavy atom. The van der Waals surface area contributed by atoms with Gasteiger partial charge in [-0.2, -0.15) is 0 Å². The van der Waals surface area contributed by atoms with Crippen LogP contribution in [0.15, 0.2) is 29.3 Å². The molecule has 0 aliphatic carbocycles. The van der Waals surface area contributed by atoms with E-state index in [0.717, 1.165) is 44.4 Å². The lowest BCUT2D eigenvalue weighted by molar-refractivity contribution is 0.152. The van der Waals surface area contributed by atoms with Crippen LogP contribution in [0.1, 0.15) is 12.8 Å². The Bertz CT molecular complexity index is 610. The number of rotatable bonds is 6. The highest BCUT2D eigenvalue weighted by Crippen LogP contribution is 2.17. The fourth-order valence-electron chi connectivity index (χ4n) is 3.89. The van der Waals surface area contributed by atoms with E-state index in [4.69, 9.17) is 0 Å². The highest BCUT2D eigenvalue weighted by Gasteiger charge is 2.19. The van der Waals surface area contributed by atoms with E-state index in [1.807, 2.05) is 19.2 Å². The normalized spacial score (nSPS) is 19.2. The van der Waals surface area contributed by atoms with Crippen LogP contribution in [0, 0.1) is 5.82 Å². The van der Waals surface area contributed by atoms with E-state index in [1.165, 1.54) is 57.7 Å². The molecule has 3 rings (SSSR count). The Balaban J connectivity index is 0.00000300. The van der Waals surface area contributed by atoms with Gasteiger partial charge in [0.25, 0.3) is 0 Å². The Kier molecular flexibility index (Phi) is 10.4. The monoisotopic (exact) mass is 518 g/mol. The minimum absolute atomic E-state index is 0. The quantitative estimate of drug-likeness (QED) is 0.271. The summed E-state index contributed by atoms with van der Waals surface area (Å²) < 4.78 is 13.1. The predicted molar refractivity (Wildman–Crippen MR) is 130 cm³/mol. The van der Waals surface area contributed by atoms with Crippen molar-refractivity contribution in [3.63, 3.8) is 0 Å². The third-order valence-corrected chi connectivity index (χ3v) is 5.76. The lowest BCUT2D eigenvalue weighted by Crippen LogP contribution is -2.52. The van der Waals surface area contributed by atoms with E-state index in [-0.39, 0.29) is 29.8 Å². The molecule has 0 aromatic heterocycles. The molecule has 2 aliphatic heterocycles. The summed E-state index contributed by atoms with van der Waals surface area (Å²) in [5, 5.41) is 3.53. The molecular weight excluding hydrogens is 482 g/mol. The third-order valence-electron chi connectivity index (χ3n) is 5.76. The second-order valence-electron chi connectivity index (χ2n) is 7.78. The van der Waals surface area contributed by atoms with Gasteiger partial charge in [0.1, 0.15) is 5.82 Å². The second-order valence-corrected chi connectivity index (χ2v) is 7.78. The molecule has 0 atom stereocenters. The molecular formula is C21H36FIN6. The molecule has 1 aromatic carbocycles. The Labute approximate surface area is 192 Å². The molecule has 0 saturated carbocycles. The molecule has 2 aliphatic rings. The summed E-state index contributed by atoms with van der Waals surface area (Å²) in [6.45, 7) is 10.7. The van der Waals surface area contributed by atoms with Gasteiger partial charge in [0.15, 0.2) is 5.96 Å². The zero-order valence-electron chi connectivity index (χ0n) is 17.8. The van der Waals surface area contributed by atoms with Crippen molar-refractivity contribution in [2.75, 3.05) is 84.4 Å². The van der Waals surface area contributed by atoms with Crippen LogP contribution >= 0.6 is 24.0 Å². The average molecular weight is 518 g/mol. The highest BCUT2D eigenvalue weighted by atomic mass is 127. The lowest BCUT2D eigenvalue weighted by Gasteiger charge is -2.37. The highest BCUT2D eigenvalue weighted by molar-refractivity contribution is 14.0. The summed E-state index contributed by atoms with van der Waals surface area (Å²) in [5.74, 6) is 0.818. The van der Waals surface area contributed by atoms with Crippen molar-refractivity contribution in [2.45, 2.75) is 12.8 Å². The van der Waals surface area contributed by atoms with E-state index in [0.29, 0.717) is 0 Å². The van der Waals surface area contributed by atoms with Gasteiger partial charge < -0.3 is 24.9 Å². The van der Waals surface area contributed by atoms with E-state index in [1.54, 1.807) is 0 Å². The molecule has 0 amide bonds. The fraction of sp³-hybridized carbons (Fsp3) is 0.667. The average Bonchev–Trinajstić information content (AvgIpc) is 2.73. The largest absolute Gasteiger partial charge is 0.368 e. The second kappa shape index (κ2) is 12.5. The van der Waals surface area contributed by atoms with Gasteiger partial charge in [0.2, 0.25) is 0 Å². The van der Waals surface area contributed by atoms with Crippen molar-refractivity contribution in [3.8, 4) is 0 Å². The third kappa shape index (κ3) is 7.57. The molecule has 1 aromatic rings. The number of piperazine rings is 2. The number of hydrogen-bond donors (Lipinski definition) is 1. The summed E-state index contributed by atoms with van der Waals surface area (Å²) in [4.78, 5) is 14.1. The minimum atomic E-state index is -0.181. The minimum Gasteiger partial charge on any atom is -0.368 e. The van der Waals surface area contributed by atoms with Gasteiger partial charge in [0.05, 0.1) is 0 Å². The molecule has 2 fully saturated rings. The molecule has 2 heterocycles. The van der Waals surface area contributed by atoms with E-state index in [2.05, 4.69) is 37.0 Å². The predicted octanol–water partition coefficient (Wildman–Crippen LogP) is 2.17. The number of aliphatic imine (C=N–C) groups is 1. The molecule has 2 saturated heterocycles. The number of guanidine groups is 1. The summed E-state index contributed by atoms with van der Waals surface area (Å²) >= 11 is 0. The molecule has 0 radical (unpaired) electrons. The van der Waals surface area contributed by atoms with E-state index in [9.17, 15) is 4.39 Å². The number of halogens is 2. The Morgan fingerprint density at radius 1 is 0.966 bits per heavy atom. The summed E-state index contributed by atoms with van der Waals surface area (Å²) in [7, 11) is 4.06. The number of nitrogens with one attached hydrogen (secondary N) is 1.